The van der Waals surface area contributed by atoms with Gasteiger partial charge in [-0.1, -0.05) is 79.1 Å². The fourth-order valence-electron chi connectivity index (χ4n) is 9.84. The highest BCUT2D eigenvalue weighted by atomic mass is 16.5. The van der Waals surface area contributed by atoms with Gasteiger partial charge >= 0.3 is 0 Å². The number of para-hydroxylation sites is 1. The highest BCUT2D eigenvalue weighted by Crippen LogP contribution is 2.28. The second-order valence-electron chi connectivity index (χ2n) is 20.4. The van der Waals surface area contributed by atoms with Gasteiger partial charge in [-0.15, -0.1) is 16.6 Å². The zero-order chi connectivity index (χ0) is 56.7. The summed E-state index contributed by atoms with van der Waals surface area (Å²) < 4.78 is 19.9. The molecule has 0 saturated carbocycles. The molecule has 5 atom stereocenters. The summed E-state index contributed by atoms with van der Waals surface area (Å²) in [5.41, 5.74) is 18.0. The van der Waals surface area contributed by atoms with E-state index >= 15 is 0 Å². The van der Waals surface area contributed by atoms with E-state index in [1.165, 1.54) is 0 Å². The molecule has 4 aromatic heterocycles. The molecule has 428 valence electrons. The van der Waals surface area contributed by atoms with Gasteiger partial charge in [-0.05, 0) is 65.3 Å². The number of nitrogens with zero attached hydrogens (tertiary/aromatic N) is 13. The lowest BCUT2D eigenvalue weighted by atomic mass is 9.98. The number of aromatic amines is 1. The lowest BCUT2D eigenvalue weighted by Gasteiger charge is -2.38. The van der Waals surface area contributed by atoms with Gasteiger partial charge in [0, 0.05) is 83.0 Å². The van der Waals surface area contributed by atoms with Gasteiger partial charge in [0.05, 0.1) is 68.9 Å². The van der Waals surface area contributed by atoms with Crippen molar-refractivity contribution in [3.8, 4) is 23.8 Å². The first kappa shape index (κ1) is 57.5. The Labute approximate surface area is 470 Å². The number of phenols is 2. The number of carbonyl (C=O) groups is 2. The topological polar surface area (TPSA) is 295 Å². The lowest BCUT2D eigenvalue weighted by Crippen LogP contribution is -2.52. The van der Waals surface area contributed by atoms with Crippen LogP contribution in [0.15, 0.2) is 91.3 Å². The summed E-state index contributed by atoms with van der Waals surface area (Å²) in [6.45, 7) is 9.98. The number of carbonyl (C=O) groups excluding carboxylic acids is 2. The minimum absolute atomic E-state index is 0.116. The fraction of sp³-hybridized carbons (Fsp3) is 0.456. The van der Waals surface area contributed by atoms with Crippen LogP contribution in [0.25, 0.3) is 10.9 Å². The van der Waals surface area contributed by atoms with Gasteiger partial charge in [0.1, 0.15) is 30.2 Å². The van der Waals surface area contributed by atoms with Crippen LogP contribution in [0.4, 0.5) is 17.8 Å². The molecule has 0 aliphatic carbocycles. The molecule has 0 spiro atoms. The van der Waals surface area contributed by atoms with Crippen LogP contribution in [0.5, 0.6) is 11.5 Å². The first-order chi connectivity index (χ1) is 39.4. The summed E-state index contributed by atoms with van der Waals surface area (Å²) in [5, 5.41) is 41.9. The van der Waals surface area contributed by atoms with E-state index in [1.807, 2.05) is 51.1 Å². The third kappa shape index (κ3) is 15.2. The molecular weight excluding hydrogens is 1030 g/mol. The smallest absolute Gasteiger partial charge is 0.248 e. The SMILES string of the molecule is C#CCOCCOCCOCCNc1nc(N2CCN(C(=O)[C@H](Cc3ccc(O)cc3)n3cc([C@@H](N)C(C)CC)nn3)CC2)nc(N2CCN(C(=O)[C@H](Cc3cc4ccccc4[nH]3)n3cc([C@@H](N)Cc4ccc(O)cc4)nn3)CC2)n1. The first-order valence-electron chi connectivity index (χ1n) is 27.6. The number of nitrogens with one attached hydrogen (secondary N) is 2. The molecule has 24 heteroatoms. The van der Waals surface area contributed by atoms with Crippen molar-refractivity contribution >= 4 is 40.6 Å². The summed E-state index contributed by atoms with van der Waals surface area (Å²) in [6.07, 6.45) is 10.8. The van der Waals surface area contributed by atoms with Gasteiger partial charge in [-0.3, -0.25) is 9.59 Å². The number of nitrogens with two attached hydrogens (primary N) is 2. The monoisotopic (exact) mass is 1110 g/mol. The second-order valence-corrected chi connectivity index (χ2v) is 20.4. The normalized spacial score (nSPS) is 15.8. The van der Waals surface area contributed by atoms with Crippen molar-refractivity contribution in [3.63, 3.8) is 0 Å². The zero-order valence-corrected chi connectivity index (χ0v) is 46.0. The molecule has 7 aromatic rings. The van der Waals surface area contributed by atoms with Crippen LogP contribution in [0.1, 0.15) is 72.6 Å². The van der Waals surface area contributed by atoms with Crippen LogP contribution in [0.2, 0.25) is 0 Å². The highest BCUT2D eigenvalue weighted by Gasteiger charge is 2.34. The van der Waals surface area contributed by atoms with E-state index in [2.05, 4.69) is 61.7 Å². The number of hydrogen-bond donors (Lipinski definition) is 6. The van der Waals surface area contributed by atoms with Crippen molar-refractivity contribution in [2.45, 2.75) is 63.7 Å². The van der Waals surface area contributed by atoms with Crippen molar-refractivity contribution in [1.82, 2.24) is 59.7 Å². The first-order valence-corrected chi connectivity index (χ1v) is 27.6. The van der Waals surface area contributed by atoms with Crippen LogP contribution in [0.3, 0.4) is 0 Å². The van der Waals surface area contributed by atoms with Crippen LogP contribution in [-0.2, 0) is 43.1 Å². The van der Waals surface area contributed by atoms with Crippen molar-refractivity contribution in [2.24, 2.45) is 17.4 Å². The van der Waals surface area contributed by atoms with Crippen molar-refractivity contribution in [3.05, 3.63) is 119 Å². The Morgan fingerprint density at radius 2 is 1.22 bits per heavy atom. The summed E-state index contributed by atoms with van der Waals surface area (Å²) in [7, 11) is 0. The number of rotatable bonds is 27. The molecule has 9 rings (SSSR count). The van der Waals surface area contributed by atoms with Gasteiger partial charge in [0.2, 0.25) is 29.7 Å². The molecule has 8 N–H and O–H groups in total. The number of ether oxygens (including phenoxy) is 3. The minimum Gasteiger partial charge on any atom is -0.508 e. The number of terminal acetylenes is 1. The number of piperazine rings is 2. The molecule has 6 heterocycles. The predicted octanol–water partition coefficient (Wildman–Crippen LogP) is 3.60. The van der Waals surface area contributed by atoms with E-state index < -0.39 is 18.1 Å². The Bertz CT molecular complexity index is 3130. The number of fused-ring (bicyclic) bond motifs is 1. The molecular formula is C57H73N17O7. The van der Waals surface area contributed by atoms with E-state index in [0.29, 0.717) is 140 Å². The molecule has 2 aliphatic rings. The fourth-order valence-corrected chi connectivity index (χ4v) is 9.84. The average molecular weight is 1110 g/mol. The third-order valence-corrected chi connectivity index (χ3v) is 14.8. The van der Waals surface area contributed by atoms with Crippen LogP contribution in [0, 0.1) is 18.3 Å². The summed E-state index contributed by atoms with van der Waals surface area (Å²) in [5.74, 6) is 3.91. The maximum atomic E-state index is 14.8. The van der Waals surface area contributed by atoms with Crippen molar-refractivity contribution in [1.29, 1.82) is 0 Å². The van der Waals surface area contributed by atoms with Gasteiger partial charge < -0.3 is 65.8 Å². The van der Waals surface area contributed by atoms with Crippen molar-refractivity contribution < 1.29 is 34.0 Å². The molecule has 2 saturated heterocycles. The Morgan fingerprint density at radius 3 is 1.80 bits per heavy atom. The molecule has 24 nitrogen and oxygen atoms in total. The lowest BCUT2D eigenvalue weighted by molar-refractivity contribution is -0.136. The van der Waals surface area contributed by atoms with Crippen molar-refractivity contribution in [2.75, 3.05) is 114 Å². The van der Waals surface area contributed by atoms with Crippen LogP contribution in [-0.4, -0.2) is 180 Å². The highest BCUT2D eigenvalue weighted by molar-refractivity contribution is 5.83. The summed E-state index contributed by atoms with van der Waals surface area (Å²) in [6, 6.07) is 21.5. The molecule has 2 amide bonds. The molecule has 2 fully saturated rings. The molecule has 3 aromatic carbocycles. The Balaban J connectivity index is 0.891. The maximum absolute atomic E-state index is 14.8. The largest absolute Gasteiger partial charge is 0.508 e. The zero-order valence-electron chi connectivity index (χ0n) is 46.0. The quantitative estimate of drug-likeness (QED) is 0.0317. The van der Waals surface area contributed by atoms with Gasteiger partial charge in [0.25, 0.3) is 0 Å². The average Bonchev–Trinajstić information content (AvgIpc) is 4.43. The summed E-state index contributed by atoms with van der Waals surface area (Å²) in [4.78, 5) is 55.5. The Morgan fingerprint density at radius 1 is 0.691 bits per heavy atom. The molecule has 2 aliphatic heterocycles. The van der Waals surface area contributed by atoms with Crippen LogP contribution < -0.4 is 26.6 Å². The second kappa shape index (κ2) is 27.8. The maximum Gasteiger partial charge on any atom is 0.248 e. The predicted molar refractivity (Wildman–Crippen MR) is 304 cm³/mol. The number of hydrogen-bond acceptors (Lipinski definition) is 19. The molecule has 81 heavy (non-hydrogen) atoms. The molecule has 0 bridgehead atoms. The third-order valence-electron chi connectivity index (χ3n) is 14.8. The van der Waals surface area contributed by atoms with E-state index in [9.17, 15) is 19.8 Å². The van der Waals surface area contributed by atoms with E-state index in [1.54, 1.807) is 58.2 Å². The molecule has 0 radical (unpaired) electrons. The minimum atomic E-state index is -0.733. The summed E-state index contributed by atoms with van der Waals surface area (Å²) >= 11 is 0. The Kier molecular flexibility index (Phi) is 19.7. The number of benzene rings is 3. The van der Waals surface area contributed by atoms with E-state index in [4.69, 9.17) is 47.1 Å². The number of aromatic nitrogens is 10. The standard InChI is InChI=1S/C57H73N17O7/c1-4-27-79-29-31-81-32-30-80-28-18-60-55-62-56(71-23-19-69(20-24-71)53(77)50(34-41-12-16-45(76)17-13-41)74-38-49(66-68-74)52(59)39(3)5-2)64-57(63-55)72-25-21-70(22-26-72)54(78)51(36-43-35-42-8-6-7-9-47(42)61-43)73-37-48(65-67-73)46(58)33-40-10-14-44(75)15-11-40/h1,6-17,35,37-39,46,50-52,61,75-76H,5,18-34,36,58-59H2,2-3H3,(H,60,62,63,64)/t39?,46-,50-,51-,52-/m0/s1. The van der Waals surface area contributed by atoms with E-state index in [-0.39, 0.29) is 41.9 Å². The number of anilines is 3. The van der Waals surface area contributed by atoms with Crippen LogP contribution >= 0.6 is 0 Å². The number of phenolic OH excluding ortho intramolecular Hbond substituents is 2. The number of aromatic hydroxyl groups is 2. The van der Waals surface area contributed by atoms with E-state index in [0.717, 1.165) is 34.1 Å². The number of H-pyrrole nitrogens is 1. The Hall–Kier alpha value is -8.21. The van der Waals surface area contributed by atoms with Gasteiger partial charge in [-0.2, -0.15) is 15.0 Å². The molecule has 1 unspecified atom stereocenters. The number of amides is 2. The van der Waals surface area contributed by atoms with Gasteiger partial charge in [0.15, 0.2) is 0 Å². The van der Waals surface area contributed by atoms with Gasteiger partial charge in [-0.25, -0.2) is 9.36 Å².